The molecule has 0 fully saturated rings. The molecule has 1 aromatic rings. The van der Waals surface area contributed by atoms with Gasteiger partial charge in [-0.15, -0.1) is 0 Å². The third-order valence-electron chi connectivity index (χ3n) is 2.22. The van der Waals surface area contributed by atoms with Crippen LogP contribution in [0.5, 0.6) is 0 Å². The topological polar surface area (TPSA) is 70.2 Å². The summed E-state index contributed by atoms with van der Waals surface area (Å²) in [6.45, 7) is 4.56. The second kappa shape index (κ2) is 7.78. The summed E-state index contributed by atoms with van der Waals surface area (Å²) in [4.78, 5) is 22.8. The molecule has 0 radical (unpaired) electrons. The molecule has 0 heterocycles. The Morgan fingerprint density at radius 2 is 1.84 bits per heavy atom. The molecule has 1 rings (SSSR count). The predicted octanol–water partition coefficient (Wildman–Crippen LogP) is 2.34. The van der Waals surface area contributed by atoms with Crippen molar-refractivity contribution >= 4 is 33.6 Å². The molecule has 3 amide bonds. The monoisotopic (exact) mass is 327 g/mol. The van der Waals surface area contributed by atoms with E-state index in [0.29, 0.717) is 12.5 Å². The zero-order valence-electron chi connectivity index (χ0n) is 11.0. The van der Waals surface area contributed by atoms with Gasteiger partial charge in [-0.1, -0.05) is 29.8 Å². The smallest absolute Gasteiger partial charge is 0.321 e. The first kappa shape index (κ1) is 15.5. The summed E-state index contributed by atoms with van der Waals surface area (Å²) in [7, 11) is 0. The van der Waals surface area contributed by atoms with E-state index < -0.39 is 6.03 Å². The van der Waals surface area contributed by atoms with Gasteiger partial charge in [-0.2, -0.15) is 0 Å². The molecular weight excluding hydrogens is 310 g/mol. The number of imide groups is 1. The van der Waals surface area contributed by atoms with Crippen molar-refractivity contribution in [1.29, 1.82) is 0 Å². The maximum Gasteiger partial charge on any atom is 0.321 e. The highest BCUT2D eigenvalue weighted by Gasteiger charge is 2.07. The van der Waals surface area contributed by atoms with Crippen LogP contribution in [-0.2, 0) is 4.79 Å². The molecule has 0 atom stereocenters. The van der Waals surface area contributed by atoms with Crippen LogP contribution >= 0.6 is 15.9 Å². The SMILES string of the molecule is CC(C)CNC(=O)NC(=O)CNc1ccc(Br)cc1. The van der Waals surface area contributed by atoms with E-state index in [4.69, 9.17) is 0 Å². The van der Waals surface area contributed by atoms with Crippen LogP contribution in [0.3, 0.4) is 0 Å². The number of halogens is 1. The maximum absolute atomic E-state index is 11.5. The Balaban J connectivity index is 2.27. The van der Waals surface area contributed by atoms with Crippen molar-refractivity contribution in [2.45, 2.75) is 13.8 Å². The van der Waals surface area contributed by atoms with Crippen LogP contribution in [-0.4, -0.2) is 25.0 Å². The van der Waals surface area contributed by atoms with Gasteiger partial charge >= 0.3 is 6.03 Å². The fourth-order valence-electron chi connectivity index (χ4n) is 1.26. The summed E-state index contributed by atoms with van der Waals surface area (Å²) in [5.74, 6) is -0.0223. The van der Waals surface area contributed by atoms with E-state index in [-0.39, 0.29) is 12.5 Å². The van der Waals surface area contributed by atoms with Gasteiger partial charge in [0, 0.05) is 16.7 Å². The first-order valence-corrected chi connectivity index (χ1v) is 6.84. The van der Waals surface area contributed by atoms with Gasteiger partial charge in [0.2, 0.25) is 5.91 Å². The minimum atomic E-state index is -0.462. The van der Waals surface area contributed by atoms with E-state index in [1.54, 1.807) is 0 Å². The van der Waals surface area contributed by atoms with Gasteiger partial charge in [0.25, 0.3) is 0 Å². The number of rotatable bonds is 5. The zero-order valence-corrected chi connectivity index (χ0v) is 12.6. The molecule has 0 saturated heterocycles. The van der Waals surface area contributed by atoms with Crippen LogP contribution in [0, 0.1) is 5.92 Å². The van der Waals surface area contributed by atoms with Crippen LogP contribution in [0.2, 0.25) is 0 Å². The molecule has 0 aliphatic heterocycles. The number of nitrogens with one attached hydrogen (secondary N) is 3. The van der Waals surface area contributed by atoms with E-state index in [1.165, 1.54) is 0 Å². The van der Waals surface area contributed by atoms with Gasteiger partial charge in [-0.3, -0.25) is 10.1 Å². The van der Waals surface area contributed by atoms with Gasteiger partial charge < -0.3 is 10.6 Å². The molecule has 3 N–H and O–H groups in total. The number of hydrogen-bond acceptors (Lipinski definition) is 3. The summed E-state index contributed by atoms with van der Waals surface area (Å²) in [6.07, 6.45) is 0. The lowest BCUT2D eigenvalue weighted by atomic mass is 10.2. The second-order valence-corrected chi connectivity index (χ2v) is 5.43. The number of amides is 3. The minimum absolute atomic E-state index is 0.0523. The molecule has 0 aliphatic carbocycles. The molecule has 0 bridgehead atoms. The van der Waals surface area contributed by atoms with Gasteiger partial charge in [0.05, 0.1) is 6.54 Å². The first-order chi connectivity index (χ1) is 8.97. The summed E-state index contributed by atoms with van der Waals surface area (Å²) in [6, 6.07) is 6.97. The van der Waals surface area contributed by atoms with Crippen molar-refractivity contribution in [1.82, 2.24) is 10.6 Å². The molecule has 0 spiro atoms. The lowest BCUT2D eigenvalue weighted by Crippen LogP contribution is -2.43. The van der Waals surface area contributed by atoms with E-state index >= 15 is 0 Å². The van der Waals surface area contributed by atoms with Gasteiger partial charge in [0.15, 0.2) is 0 Å². The van der Waals surface area contributed by atoms with E-state index in [0.717, 1.165) is 10.2 Å². The third kappa shape index (κ3) is 6.81. The van der Waals surface area contributed by atoms with Gasteiger partial charge in [0.1, 0.15) is 0 Å². The van der Waals surface area contributed by atoms with Crippen molar-refractivity contribution < 1.29 is 9.59 Å². The van der Waals surface area contributed by atoms with Crippen LogP contribution in [0.15, 0.2) is 28.7 Å². The lowest BCUT2D eigenvalue weighted by Gasteiger charge is -2.09. The fourth-order valence-corrected chi connectivity index (χ4v) is 1.53. The summed E-state index contributed by atoms with van der Waals surface area (Å²) in [5, 5.41) is 7.80. The van der Waals surface area contributed by atoms with Crippen LogP contribution in [0.25, 0.3) is 0 Å². The molecule has 19 heavy (non-hydrogen) atoms. The minimum Gasteiger partial charge on any atom is -0.376 e. The number of benzene rings is 1. The quantitative estimate of drug-likeness (QED) is 0.777. The summed E-state index contributed by atoms with van der Waals surface area (Å²) < 4.78 is 0.968. The molecule has 0 saturated carbocycles. The zero-order chi connectivity index (χ0) is 14.3. The Morgan fingerprint density at radius 1 is 1.21 bits per heavy atom. The molecule has 0 aromatic heterocycles. The van der Waals surface area contributed by atoms with Gasteiger partial charge in [-0.25, -0.2) is 4.79 Å². The average molecular weight is 328 g/mol. The van der Waals surface area contributed by atoms with Crippen LogP contribution in [0.1, 0.15) is 13.8 Å². The van der Waals surface area contributed by atoms with E-state index in [2.05, 4.69) is 31.9 Å². The first-order valence-electron chi connectivity index (χ1n) is 6.04. The van der Waals surface area contributed by atoms with Crippen LogP contribution in [0.4, 0.5) is 10.5 Å². The fraction of sp³-hybridized carbons (Fsp3) is 0.385. The molecule has 1 aromatic carbocycles. The maximum atomic E-state index is 11.5. The van der Waals surface area contributed by atoms with Crippen molar-refractivity contribution in [2.75, 3.05) is 18.4 Å². The standard InChI is InChI=1S/C13H18BrN3O2/c1-9(2)7-16-13(19)17-12(18)8-15-11-5-3-10(14)4-6-11/h3-6,9,15H,7-8H2,1-2H3,(H2,16,17,18,19). The largest absolute Gasteiger partial charge is 0.376 e. The molecule has 5 nitrogen and oxygen atoms in total. The summed E-state index contributed by atoms with van der Waals surface area (Å²) >= 11 is 3.33. The van der Waals surface area contributed by atoms with Crippen LogP contribution < -0.4 is 16.0 Å². The van der Waals surface area contributed by atoms with Crippen molar-refractivity contribution in [2.24, 2.45) is 5.92 Å². The third-order valence-corrected chi connectivity index (χ3v) is 2.75. The number of anilines is 1. The molecular formula is C13H18BrN3O2. The molecule has 0 unspecified atom stereocenters. The highest BCUT2D eigenvalue weighted by molar-refractivity contribution is 9.10. The molecule has 104 valence electrons. The number of carbonyl (C=O) groups excluding carboxylic acids is 2. The number of carbonyl (C=O) groups is 2. The second-order valence-electron chi connectivity index (χ2n) is 4.51. The number of urea groups is 1. The number of hydrogen-bond donors (Lipinski definition) is 3. The summed E-state index contributed by atoms with van der Waals surface area (Å²) in [5.41, 5.74) is 0.820. The Bertz CT molecular complexity index is 432. The van der Waals surface area contributed by atoms with Crippen molar-refractivity contribution in [3.05, 3.63) is 28.7 Å². The Kier molecular flexibility index (Phi) is 6.35. The van der Waals surface area contributed by atoms with Crippen molar-refractivity contribution in [3.63, 3.8) is 0 Å². The molecule has 0 aliphatic rings. The predicted molar refractivity (Wildman–Crippen MR) is 79.0 cm³/mol. The van der Waals surface area contributed by atoms with Crippen molar-refractivity contribution in [3.8, 4) is 0 Å². The highest BCUT2D eigenvalue weighted by Crippen LogP contribution is 2.13. The van der Waals surface area contributed by atoms with E-state index in [9.17, 15) is 9.59 Å². The Hall–Kier alpha value is -1.56. The Labute approximate surface area is 121 Å². The van der Waals surface area contributed by atoms with E-state index in [1.807, 2.05) is 38.1 Å². The normalized spacial score (nSPS) is 10.1. The lowest BCUT2D eigenvalue weighted by molar-refractivity contribution is -0.118. The Morgan fingerprint density at radius 3 is 2.42 bits per heavy atom. The molecule has 6 heteroatoms. The highest BCUT2D eigenvalue weighted by atomic mass is 79.9. The average Bonchev–Trinajstić information content (AvgIpc) is 2.36. The van der Waals surface area contributed by atoms with Gasteiger partial charge in [-0.05, 0) is 30.2 Å².